The molecule has 0 amide bonds. The highest BCUT2D eigenvalue weighted by atomic mass is 32.2. The van der Waals surface area contributed by atoms with E-state index in [0.717, 1.165) is 6.07 Å². The molecule has 4 nitrogen and oxygen atoms in total. The number of hydrogen-bond donors (Lipinski definition) is 1. The lowest BCUT2D eigenvalue weighted by Crippen LogP contribution is -2.35. The lowest BCUT2D eigenvalue weighted by Gasteiger charge is -2.19. The van der Waals surface area contributed by atoms with Crippen LogP contribution in [-0.2, 0) is 10.0 Å². The van der Waals surface area contributed by atoms with E-state index in [0.29, 0.717) is 6.54 Å². The molecule has 0 aliphatic heterocycles. The van der Waals surface area contributed by atoms with Gasteiger partial charge in [-0.25, -0.2) is 12.8 Å². The Kier molecular flexibility index (Phi) is 4.40. The lowest BCUT2D eigenvalue weighted by atomic mass is 10.4. The van der Waals surface area contributed by atoms with E-state index in [2.05, 4.69) is 0 Å². The van der Waals surface area contributed by atoms with Crippen LogP contribution in [0.2, 0.25) is 0 Å². The topological polar surface area (TPSA) is 63.4 Å². The van der Waals surface area contributed by atoms with Crippen molar-refractivity contribution in [2.75, 3.05) is 19.6 Å². The zero-order valence-electron chi connectivity index (χ0n) is 9.06. The summed E-state index contributed by atoms with van der Waals surface area (Å²) < 4.78 is 38.2. The fraction of sp³-hybridized carbons (Fsp3) is 0.400. The van der Waals surface area contributed by atoms with Crippen molar-refractivity contribution in [1.29, 1.82) is 0 Å². The number of nitrogens with zero attached hydrogens (tertiary/aromatic N) is 1. The minimum atomic E-state index is -3.62. The number of halogens is 1. The number of hydrogen-bond acceptors (Lipinski definition) is 3. The molecule has 90 valence electrons. The lowest BCUT2D eigenvalue weighted by molar-refractivity contribution is 0.435. The first kappa shape index (κ1) is 13.1. The molecule has 0 spiro atoms. The summed E-state index contributed by atoms with van der Waals surface area (Å²) in [5.74, 6) is -0.565. The van der Waals surface area contributed by atoms with E-state index in [1.54, 1.807) is 6.92 Å². The molecule has 1 rings (SSSR count). The fourth-order valence-corrected chi connectivity index (χ4v) is 2.86. The largest absolute Gasteiger partial charge is 0.329 e. The predicted molar refractivity (Wildman–Crippen MR) is 59.9 cm³/mol. The van der Waals surface area contributed by atoms with Gasteiger partial charge in [0.1, 0.15) is 5.82 Å². The van der Waals surface area contributed by atoms with Crippen molar-refractivity contribution >= 4 is 10.0 Å². The van der Waals surface area contributed by atoms with Crippen molar-refractivity contribution in [3.05, 3.63) is 30.1 Å². The van der Waals surface area contributed by atoms with E-state index in [-0.39, 0.29) is 18.0 Å². The standard InChI is InChI=1S/C10H15FN2O2S/c1-2-13(7-6-12)16(14,15)10-5-3-4-9(11)8-10/h3-5,8H,2,6-7,12H2,1H3. The molecule has 0 fully saturated rings. The molecule has 6 heteroatoms. The van der Waals surface area contributed by atoms with Gasteiger partial charge < -0.3 is 5.73 Å². The van der Waals surface area contributed by atoms with Gasteiger partial charge in [0.25, 0.3) is 0 Å². The van der Waals surface area contributed by atoms with Gasteiger partial charge in [-0.1, -0.05) is 13.0 Å². The van der Waals surface area contributed by atoms with Crippen molar-refractivity contribution in [2.24, 2.45) is 5.73 Å². The van der Waals surface area contributed by atoms with Crippen LogP contribution < -0.4 is 5.73 Å². The van der Waals surface area contributed by atoms with E-state index in [4.69, 9.17) is 5.73 Å². The third-order valence-electron chi connectivity index (χ3n) is 2.17. The summed E-state index contributed by atoms with van der Waals surface area (Å²) in [5.41, 5.74) is 5.33. The van der Waals surface area contributed by atoms with Crippen molar-refractivity contribution < 1.29 is 12.8 Å². The quantitative estimate of drug-likeness (QED) is 0.835. The van der Waals surface area contributed by atoms with E-state index < -0.39 is 15.8 Å². The smallest absolute Gasteiger partial charge is 0.243 e. The van der Waals surface area contributed by atoms with Gasteiger partial charge in [0, 0.05) is 19.6 Å². The van der Waals surface area contributed by atoms with Crippen LogP contribution in [0.3, 0.4) is 0 Å². The normalized spacial score (nSPS) is 12.0. The summed E-state index contributed by atoms with van der Waals surface area (Å²) in [7, 11) is -3.62. The van der Waals surface area contributed by atoms with Crippen LogP contribution in [0.4, 0.5) is 4.39 Å². The molecule has 0 radical (unpaired) electrons. The molecule has 0 aliphatic carbocycles. The average molecular weight is 246 g/mol. The molecular weight excluding hydrogens is 231 g/mol. The van der Waals surface area contributed by atoms with Crippen LogP contribution in [0.1, 0.15) is 6.92 Å². The Morgan fingerprint density at radius 3 is 2.62 bits per heavy atom. The van der Waals surface area contributed by atoms with Crippen LogP contribution in [0.15, 0.2) is 29.2 Å². The number of benzene rings is 1. The first-order chi connectivity index (χ1) is 7.52. The molecule has 1 aromatic rings. The summed E-state index contributed by atoms with van der Waals surface area (Å²) >= 11 is 0. The van der Waals surface area contributed by atoms with Crippen molar-refractivity contribution in [2.45, 2.75) is 11.8 Å². The minimum absolute atomic E-state index is 0.0391. The zero-order valence-corrected chi connectivity index (χ0v) is 9.87. The number of rotatable bonds is 5. The van der Waals surface area contributed by atoms with Gasteiger partial charge in [-0.05, 0) is 18.2 Å². The number of nitrogens with two attached hydrogens (primary N) is 1. The Morgan fingerprint density at radius 2 is 2.12 bits per heavy atom. The van der Waals surface area contributed by atoms with Gasteiger partial charge in [-0.2, -0.15) is 4.31 Å². The van der Waals surface area contributed by atoms with Gasteiger partial charge in [-0.15, -0.1) is 0 Å². The highest BCUT2D eigenvalue weighted by Gasteiger charge is 2.22. The van der Waals surface area contributed by atoms with E-state index in [1.807, 2.05) is 0 Å². The predicted octanol–water partition coefficient (Wildman–Crippen LogP) is 0.795. The molecule has 0 atom stereocenters. The fourth-order valence-electron chi connectivity index (χ4n) is 1.37. The minimum Gasteiger partial charge on any atom is -0.329 e. The third-order valence-corrected chi connectivity index (χ3v) is 4.14. The van der Waals surface area contributed by atoms with Crippen LogP contribution in [0.25, 0.3) is 0 Å². The zero-order chi connectivity index (χ0) is 12.2. The van der Waals surface area contributed by atoms with Crippen LogP contribution in [0, 0.1) is 5.82 Å². The Bertz CT molecular complexity index is 448. The van der Waals surface area contributed by atoms with Crippen LogP contribution >= 0.6 is 0 Å². The van der Waals surface area contributed by atoms with Gasteiger partial charge in [0.15, 0.2) is 0 Å². The molecule has 16 heavy (non-hydrogen) atoms. The molecule has 0 heterocycles. The summed E-state index contributed by atoms with van der Waals surface area (Å²) in [4.78, 5) is -0.0391. The molecule has 0 aromatic heterocycles. The number of sulfonamides is 1. The van der Waals surface area contributed by atoms with E-state index in [1.165, 1.54) is 22.5 Å². The second-order valence-corrected chi connectivity index (χ2v) is 5.18. The number of likely N-dealkylation sites (N-methyl/N-ethyl adjacent to an activating group) is 1. The summed E-state index contributed by atoms with van der Waals surface area (Å²) in [6.45, 7) is 2.50. The maximum Gasteiger partial charge on any atom is 0.243 e. The average Bonchev–Trinajstić information content (AvgIpc) is 2.25. The molecule has 0 saturated heterocycles. The van der Waals surface area contributed by atoms with Gasteiger partial charge in [-0.3, -0.25) is 0 Å². The third kappa shape index (κ3) is 2.78. The van der Waals surface area contributed by atoms with Crippen molar-refractivity contribution in [3.8, 4) is 0 Å². The first-order valence-corrected chi connectivity index (χ1v) is 6.42. The summed E-state index contributed by atoms with van der Waals surface area (Å²) in [6.07, 6.45) is 0. The maximum atomic E-state index is 12.9. The Balaban J connectivity index is 3.09. The summed E-state index contributed by atoms with van der Waals surface area (Å²) in [5, 5.41) is 0. The van der Waals surface area contributed by atoms with Gasteiger partial charge in [0.2, 0.25) is 10.0 Å². The molecule has 0 saturated carbocycles. The molecule has 0 unspecified atom stereocenters. The Morgan fingerprint density at radius 1 is 1.44 bits per heavy atom. The molecule has 1 aromatic carbocycles. The van der Waals surface area contributed by atoms with Crippen molar-refractivity contribution in [3.63, 3.8) is 0 Å². The molecule has 2 N–H and O–H groups in total. The highest BCUT2D eigenvalue weighted by molar-refractivity contribution is 7.89. The Hall–Kier alpha value is -0.980. The van der Waals surface area contributed by atoms with E-state index in [9.17, 15) is 12.8 Å². The second kappa shape index (κ2) is 5.38. The molecule has 0 bridgehead atoms. The van der Waals surface area contributed by atoms with Gasteiger partial charge >= 0.3 is 0 Å². The maximum absolute atomic E-state index is 12.9. The first-order valence-electron chi connectivity index (χ1n) is 4.98. The monoisotopic (exact) mass is 246 g/mol. The van der Waals surface area contributed by atoms with Crippen LogP contribution in [-0.4, -0.2) is 32.4 Å². The SMILES string of the molecule is CCN(CCN)S(=O)(=O)c1cccc(F)c1. The second-order valence-electron chi connectivity index (χ2n) is 3.24. The van der Waals surface area contributed by atoms with Crippen molar-refractivity contribution in [1.82, 2.24) is 4.31 Å². The Labute approximate surface area is 94.9 Å². The molecule has 0 aliphatic rings. The summed E-state index contributed by atoms with van der Waals surface area (Å²) in [6, 6.07) is 4.96. The van der Waals surface area contributed by atoms with E-state index >= 15 is 0 Å². The highest BCUT2D eigenvalue weighted by Crippen LogP contribution is 2.15. The molecular formula is C10H15FN2O2S. The van der Waals surface area contributed by atoms with Gasteiger partial charge in [0.05, 0.1) is 4.90 Å². The van der Waals surface area contributed by atoms with Crippen LogP contribution in [0.5, 0.6) is 0 Å².